The maximum Gasteiger partial charge on any atom is 0.191 e. The fourth-order valence-corrected chi connectivity index (χ4v) is 2.20. The number of hydrogen-bond acceptors (Lipinski definition) is 4. The first-order valence-electron chi connectivity index (χ1n) is 7.43. The Kier molecular flexibility index (Phi) is 12.4. The van der Waals surface area contributed by atoms with Crippen molar-refractivity contribution in [2.24, 2.45) is 4.99 Å². The van der Waals surface area contributed by atoms with Crippen molar-refractivity contribution in [1.29, 1.82) is 0 Å². The average Bonchev–Trinajstić information content (AvgIpc) is 2.48. The highest BCUT2D eigenvalue weighted by Crippen LogP contribution is 2.09. The lowest BCUT2D eigenvalue weighted by Gasteiger charge is -2.11. The van der Waals surface area contributed by atoms with Crippen LogP contribution in [0, 0.1) is 0 Å². The van der Waals surface area contributed by atoms with Gasteiger partial charge in [0.1, 0.15) is 9.84 Å². The maximum atomic E-state index is 11.0. The van der Waals surface area contributed by atoms with Crippen molar-refractivity contribution in [2.75, 3.05) is 38.3 Å². The third kappa shape index (κ3) is 11.9. The monoisotopic (exact) mass is 489 g/mol. The van der Waals surface area contributed by atoms with Gasteiger partial charge in [0.25, 0.3) is 0 Å². The molecule has 1 aromatic rings. The lowest BCUT2D eigenvalue weighted by molar-refractivity contribution is 0.154. The number of nitrogens with zero attached hydrogens (tertiary/aromatic N) is 1. The standard InChI is InChI=1S/C15H24ClN3O3S.HI/c1-3-17-15(18-8-9-22-10-11-23(2,20)21)19-12-13-4-6-14(16)7-5-13;/h4-7H,3,8-12H2,1-2H3,(H2,17,18,19);1H. The minimum atomic E-state index is -2.97. The summed E-state index contributed by atoms with van der Waals surface area (Å²) in [5, 5.41) is 6.98. The zero-order chi connectivity index (χ0) is 17.1. The smallest absolute Gasteiger partial charge is 0.191 e. The number of aliphatic imine (C=N–C) groups is 1. The quantitative estimate of drug-likeness (QED) is 0.240. The van der Waals surface area contributed by atoms with Crippen molar-refractivity contribution in [3.05, 3.63) is 34.9 Å². The van der Waals surface area contributed by atoms with Gasteiger partial charge < -0.3 is 15.4 Å². The molecule has 0 radical (unpaired) electrons. The van der Waals surface area contributed by atoms with Crippen LogP contribution in [0.1, 0.15) is 12.5 Å². The summed E-state index contributed by atoms with van der Waals surface area (Å²) in [6.07, 6.45) is 1.20. The molecule has 6 nitrogen and oxygen atoms in total. The van der Waals surface area contributed by atoms with Gasteiger partial charge in [0, 0.05) is 24.4 Å². The highest BCUT2D eigenvalue weighted by Gasteiger charge is 2.02. The van der Waals surface area contributed by atoms with Crippen molar-refractivity contribution in [1.82, 2.24) is 10.6 Å². The number of sulfone groups is 1. The van der Waals surface area contributed by atoms with E-state index in [4.69, 9.17) is 16.3 Å². The van der Waals surface area contributed by atoms with Crippen LogP contribution in [0.4, 0.5) is 0 Å². The van der Waals surface area contributed by atoms with E-state index in [2.05, 4.69) is 15.6 Å². The molecule has 24 heavy (non-hydrogen) atoms. The molecule has 0 aliphatic heterocycles. The molecule has 0 saturated heterocycles. The molecule has 0 saturated carbocycles. The molecule has 2 N–H and O–H groups in total. The molecule has 0 atom stereocenters. The van der Waals surface area contributed by atoms with Gasteiger partial charge in [0.2, 0.25) is 0 Å². The third-order valence-corrected chi connectivity index (χ3v) is 3.97. The van der Waals surface area contributed by atoms with Gasteiger partial charge >= 0.3 is 0 Å². The van der Waals surface area contributed by atoms with Crippen molar-refractivity contribution < 1.29 is 13.2 Å². The van der Waals surface area contributed by atoms with E-state index < -0.39 is 9.84 Å². The first kappa shape index (κ1) is 23.4. The predicted octanol–water partition coefficient (Wildman–Crippen LogP) is 2.07. The zero-order valence-electron chi connectivity index (χ0n) is 13.9. The normalized spacial score (nSPS) is 11.7. The molecular weight excluding hydrogens is 465 g/mol. The van der Waals surface area contributed by atoms with E-state index in [1.54, 1.807) is 0 Å². The summed E-state index contributed by atoms with van der Waals surface area (Å²) in [6, 6.07) is 7.54. The fourth-order valence-electron chi connectivity index (χ4n) is 1.66. The van der Waals surface area contributed by atoms with Gasteiger partial charge in [0.15, 0.2) is 5.96 Å². The SMILES string of the molecule is CCNC(=NCc1ccc(Cl)cc1)NCCOCCS(C)(=O)=O.I. The molecule has 1 aromatic carbocycles. The van der Waals surface area contributed by atoms with E-state index in [0.29, 0.717) is 30.7 Å². The van der Waals surface area contributed by atoms with Crippen LogP contribution in [-0.4, -0.2) is 52.7 Å². The van der Waals surface area contributed by atoms with Gasteiger partial charge in [-0.25, -0.2) is 13.4 Å². The maximum absolute atomic E-state index is 11.0. The third-order valence-electron chi connectivity index (χ3n) is 2.81. The molecule has 0 aromatic heterocycles. The number of rotatable bonds is 9. The van der Waals surface area contributed by atoms with Crippen molar-refractivity contribution >= 4 is 51.4 Å². The zero-order valence-corrected chi connectivity index (χ0v) is 17.8. The van der Waals surface area contributed by atoms with Crippen molar-refractivity contribution in [3.63, 3.8) is 0 Å². The number of guanidine groups is 1. The molecule has 0 bridgehead atoms. The number of ether oxygens (including phenoxy) is 1. The molecule has 138 valence electrons. The van der Waals surface area contributed by atoms with Crippen LogP contribution >= 0.6 is 35.6 Å². The lowest BCUT2D eigenvalue weighted by atomic mass is 10.2. The Balaban J connectivity index is 0.00000529. The van der Waals surface area contributed by atoms with Gasteiger partial charge in [-0.3, -0.25) is 0 Å². The van der Waals surface area contributed by atoms with E-state index in [1.807, 2.05) is 31.2 Å². The summed E-state index contributed by atoms with van der Waals surface area (Å²) in [4.78, 5) is 4.47. The van der Waals surface area contributed by atoms with Crippen LogP contribution in [0.25, 0.3) is 0 Å². The van der Waals surface area contributed by atoms with Gasteiger partial charge in [-0.1, -0.05) is 23.7 Å². The lowest BCUT2D eigenvalue weighted by Crippen LogP contribution is -2.39. The van der Waals surface area contributed by atoms with E-state index in [-0.39, 0.29) is 36.3 Å². The molecule has 0 fully saturated rings. The van der Waals surface area contributed by atoms with Crippen LogP contribution in [0.2, 0.25) is 5.02 Å². The first-order valence-corrected chi connectivity index (χ1v) is 9.86. The molecule has 0 aliphatic rings. The number of hydrogen-bond donors (Lipinski definition) is 2. The number of halogens is 2. The molecule has 1 rings (SSSR count). The van der Waals surface area contributed by atoms with Crippen LogP contribution in [0.3, 0.4) is 0 Å². The summed E-state index contributed by atoms with van der Waals surface area (Å²) in [7, 11) is -2.97. The van der Waals surface area contributed by atoms with Gasteiger partial charge in [-0.05, 0) is 24.6 Å². The minimum absolute atomic E-state index is 0. The van der Waals surface area contributed by atoms with Crippen molar-refractivity contribution in [2.45, 2.75) is 13.5 Å². The van der Waals surface area contributed by atoms with Crippen LogP contribution in [0.15, 0.2) is 29.3 Å². The summed E-state index contributed by atoms with van der Waals surface area (Å²) in [5.41, 5.74) is 1.07. The highest BCUT2D eigenvalue weighted by atomic mass is 127. The van der Waals surface area contributed by atoms with E-state index in [1.165, 1.54) is 6.26 Å². The Bertz CT molecular complexity index is 594. The Morgan fingerprint density at radius 1 is 1.21 bits per heavy atom. The summed E-state index contributed by atoms with van der Waals surface area (Å²) >= 11 is 5.85. The van der Waals surface area contributed by atoms with Gasteiger partial charge in [0.05, 0.1) is 25.5 Å². The average molecular weight is 490 g/mol. The molecule has 0 aliphatic carbocycles. The van der Waals surface area contributed by atoms with Crippen LogP contribution in [-0.2, 0) is 21.1 Å². The minimum Gasteiger partial charge on any atom is -0.379 e. The van der Waals surface area contributed by atoms with Crippen LogP contribution < -0.4 is 10.6 Å². The first-order chi connectivity index (χ1) is 10.9. The summed E-state index contributed by atoms with van der Waals surface area (Å²) in [5.74, 6) is 0.728. The Hall–Kier alpha value is -0.580. The largest absolute Gasteiger partial charge is 0.379 e. The molecular formula is C15H25ClIN3O3S. The predicted molar refractivity (Wildman–Crippen MR) is 110 cm³/mol. The Morgan fingerprint density at radius 2 is 1.88 bits per heavy atom. The van der Waals surface area contributed by atoms with E-state index in [9.17, 15) is 8.42 Å². The number of benzene rings is 1. The molecule has 0 unspecified atom stereocenters. The number of nitrogens with one attached hydrogen (secondary N) is 2. The van der Waals surface area contributed by atoms with Crippen molar-refractivity contribution in [3.8, 4) is 0 Å². The molecule has 0 heterocycles. The highest BCUT2D eigenvalue weighted by molar-refractivity contribution is 14.0. The van der Waals surface area contributed by atoms with Gasteiger partial charge in [-0.15, -0.1) is 24.0 Å². The molecule has 9 heteroatoms. The van der Waals surface area contributed by atoms with Crippen LogP contribution in [0.5, 0.6) is 0 Å². The Labute approximate surface area is 166 Å². The van der Waals surface area contributed by atoms with E-state index >= 15 is 0 Å². The second kappa shape index (κ2) is 12.7. The molecule has 0 spiro atoms. The van der Waals surface area contributed by atoms with Gasteiger partial charge in [-0.2, -0.15) is 0 Å². The van der Waals surface area contributed by atoms with E-state index in [0.717, 1.165) is 12.1 Å². The summed E-state index contributed by atoms with van der Waals surface area (Å²) in [6.45, 7) is 4.46. The fraction of sp³-hybridized carbons (Fsp3) is 0.533. The second-order valence-electron chi connectivity index (χ2n) is 4.99. The Morgan fingerprint density at radius 3 is 2.46 bits per heavy atom. The summed E-state index contributed by atoms with van der Waals surface area (Å²) < 4.78 is 27.2. The molecule has 0 amide bonds. The second-order valence-corrected chi connectivity index (χ2v) is 7.69. The topological polar surface area (TPSA) is 79.8 Å².